The maximum atomic E-state index is 12.5. The molecule has 0 unspecified atom stereocenters. The number of aromatic nitrogens is 3. The van der Waals surface area contributed by atoms with Crippen molar-refractivity contribution in [1.82, 2.24) is 14.8 Å². The molecular weight excluding hydrogens is 372 g/mol. The molecule has 1 aliphatic heterocycles. The largest absolute Gasteiger partial charge is 0.508 e. The van der Waals surface area contributed by atoms with Crippen LogP contribution in [0.25, 0.3) is 17.1 Å². The molecule has 1 aromatic heterocycles. The highest BCUT2D eigenvalue weighted by atomic mass is 16.5. The second-order valence-electron chi connectivity index (χ2n) is 7.39. The summed E-state index contributed by atoms with van der Waals surface area (Å²) in [6.45, 7) is 6.94. The van der Waals surface area contributed by atoms with Gasteiger partial charge in [-0.05, 0) is 41.8 Å². The molecule has 0 atom stereocenters. The lowest BCUT2D eigenvalue weighted by Gasteiger charge is -2.28. The fourth-order valence-electron chi connectivity index (χ4n) is 3.59. The SMILES string of the molecule is CC(C)c1cc(-c2n[nH]c(=O)n2-c2ccc(N3CCOCC3)cc2)c(O)cc1O. The van der Waals surface area contributed by atoms with Crippen LogP contribution in [-0.4, -0.2) is 51.3 Å². The highest BCUT2D eigenvalue weighted by molar-refractivity contribution is 5.69. The van der Waals surface area contributed by atoms with Crippen LogP contribution in [-0.2, 0) is 4.74 Å². The molecule has 1 saturated heterocycles. The van der Waals surface area contributed by atoms with E-state index >= 15 is 0 Å². The van der Waals surface area contributed by atoms with Gasteiger partial charge in [0.1, 0.15) is 11.5 Å². The van der Waals surface area contributed by atoms with Crippen LogP contribution in [0.5, 0.6) is 11.5 Å². The Balaban J connectivity index is 1.75. The van der Waals surface area contributed by atoms with Gasteiger partial charge in [0, 0.05) is 24.8 Å². The number of anilines is 1. The lowest BCUT2D eigenvalue weighted by atomic mass is 9.98. The molecule has 2 aromatic carbocycles. The molecule has 29 heavy (non-hydrogen) atoms. The molecule has 8 heteroatoms. The Morgan fingerprint density at radius 2 is 1.69 bits per heavy atom. The number of rotatable bonds is 4. The van der Waals surface area contributed by atoms with Crippen molar-refractivity contribution < 1.29 is 14.9 Å². The molecule has 152 valence electrons. The third-order valence-electron chi connectivity index (χ3n) is 5.16. The first kappa shape index (κ1) is 19.1. The molecule has 0 aliphatic carbocycles. The number of hydrogen-bond donors (Lipinski definition) is 3. The van der Waals surface area contributed by atoms with Gasteiger partial charge in [0.15, 0.2) is 5.82 Å². The van der Waals surface area contributed by atoms with E-state index in [2.05, 4.69) is 15.1 Å². The van der Waals surface area contributed by atoms with Crippen LogP contribution >= 0.6 is 0 Å². The second kappa shape index (κ2) is 7.63. The summed E-state index contributed by atoms with van der Waals surface area (Å²) in [6.07, 6.45) is 0. The number of benzene rings is 2. The minimum Gasteiger partial charge on any atom is -0.508 e. The fourth-order valence-corrected chi connectivity index (χ4v) is 3.59. The topological polar surface area (TPSA) is 104 Å². The van der Waals surface area contributed by atoms with Gasteiger partial charge in [-0.3, -0.25) is 0 Å². The summed E-state index contributed by atoms with van der Waals surface area (Å²) < 4.78 is 6.81. The van der Waals surface area contributed by atoms with Crippen molar-refractivity contribution in [3.63, 3.8) is 0 Å². The number of phenolic OH excluding ortho intramolecular Hbond substituents is 2. The van der Waals surface area contributed by atoms with Crippen LogP contribution < -0.4 is 10.6 Å². The lowest BCUT2D eigenvalue weighted by Crippen LogP contribution is -2.36. The zero-order valence-corrected chi connectivity index (χ0v) is 16.4. The second-order valence-corrected chi connectivity index (χ2v) is 7.39. The van der Waals surface area contributed by atoms with E-state index in [9.17, 15) is 15.0 Å². The minimum atomic E-state index is -0.405. The van der Waals surface area contributed by atoms with E-state index in [1.807, 2.05) is 38.1 Å². The van der Waals surface area contributed by atoms with Gasteiger partial charge < -0.3 is 19.8 Å². The van der Waals surface area contributed by atoms with Crippen molar-refractivity contribution in [3.05, 3.63) is 52.4 Å². The van der Waals surface area contributed by atoms with Crippen molar-refractivity contribution in [1.29, 1.82) is 0 Å². The Bertz CT molecular complexity index is 1060. The Hall–Kier alpha value is -3.26. The molecule has 2 heterocycles. The molecule has 0 saturated carbocycles. The van der Waals surface area contributed by atoms with E-state index in [4.69, 9.17) is 4.74 Å². The zero-order valence-electron chi connectivity index (χ0n) is 16.4. The zero-order chi connectivity index (χ0) is 20.5. The molecule has 3 N–H and O–H groups in total. The van der Waals surface area contributed by atoms with Gasteiger partial charge in [-0.15, -0.1) is 0 Å². The number of morpholine rings is 1. The monoisotopic (exact) mass is 396 g/mol. The first-order chi connectivity index (χ1) is 14.0. The van der Waals surface area contributed by atoms with Gasteiger partial charge in [-0.25, -0.2) is 14.5 Å². The van der Waals surface area contributed by atoms with E-state index in [0.717, 1.165) is 18.8 Å². The molecule has 8 nitrogen and oxygen atoms in total. The summed E-state index contributed by atoms with van der Waals surface area (Å²) >= 11 is 0. The average Bonchev–Trinajstić information content (AvgIpc) is 3.10. The van der Waals surface area contributed by atoms with Gasteiger partial charge in [0.2, 0.25) is 0 Å². The summed E-state index contributed by atoms with van der Waals surface area (Å²) in [5, 5.41) is 27.1. The first-order valence-electron chi connectivity index (χ1n) is 9.62. The van der Waals surface area contributed by atoms with Crippen molar-refractivity contribution in [2.45, 2.75) is 19.8 Å². The number of H-pyrrole nitrogens is 1. The van der Waals surface area contributed by atoms with E-state index in [0.29, 0.717) is 30.0 Å². The van der Waals surface area contributed by atoms with Crippen molar-refractivity contribution >= 4 is 5.69 Å². The number of nitrogens with one attached hydrogen (secondary N) is 1. The van der Waals surface area contributed by atoms with Gasteiger partial charge in [-0.2, -0.15) is 5.10 Å². The molecule has 1 aliphatic rings. The average molecular weight is 396 g/mol. The molecule has 1 fully saturated rings. The quantitative estimate of drug-likeness (QED) is 0.626. The van der Waals surface area contributed by atoms with Crippen molar-refractivity contribution in [3.8, 4) is 28.6 Å². The van der Waals surface area contributed by atoms with Crippen LogP contribution in [0.1, 0.15) is 25.3 Å². The van der Waals surface area contributed by atoms with Crippen LogP contribution in [0.4, 0.5) is 5.69 Å². The standard InChI is InChI=1S/C21H24N4O4/c1-13(2)16-11-17(19(27)12-18(16)26)20-22-23-21(28)25(20)15-5-3-14(4-6-15)24-7-9-29-10-8-24/h3-6,11-13,26-27H,7-10H2,1-2H3,(H,23,28). The third kappa shape index (κ3) is 3.58. The van der Waals surface area contributed by atoms with Crippen molar-refractivity contribution in [2.75, 3.05) is 31.2 Å². The number of aromatic hydroxyl groups is 2. The molecule has 0 spiro atoms. The summed E-state index contributed by atoms with van der Waals surface area (Å²) in [4.78, 5) is 14.7. The summed E-state index contributed by atoms with van der Waals surface area (Å²) in [6, 6.07) is 10.6. The highest BCUT2D eigenvalue weighted by Crippen LogP contribution is 2.37. The maximum absolute atomic E-state index is 12.5. The normalized spacial score (nSPS) is 14.5. The molecule has 0 bridgehead atoms. The van der Waals surface area contributed by atoms with Gasteiger partial charge in [0.05, 0.1) is 24.5 Å². The summed E-state index contributed by atoms with van der Waals surface area (Å²) in [5.74, 6) is 0.201. The summed E-state index contributed by atoms with van der Waals surface area (Å²) in [7, 11) is 0. The van der Waals surface area contributed by atoms with E-state index in [-0.39, 0.29) is 23.2 Å². The Labute approximate surface area is 168 Å². The maximum Gasteiger partial charge on any atom is 0.348 e. The third-order valence-corrected chi connectivity index (χ3v) is 5.16. The molecular formula is C21H24N4O4. The number of ether oxygens (including phenoxy) is 1. The van der Waals surface area contributed by atoms with Gasteiger partial charge in [0.25, 0.3) is 0 Å². The van der Waals surface area contributed by atoms with E-state index in [1.54, 1.807) is 6.07 Å². The van der Waals surface area contributed by atoms with Gasteiger partial charge in [-0.1, -0.05) is 13.8 Å². The van der Waals surface area contributed by atoms with Crippen LogP contribution in [0.3, 0.4) is 0 Å². The Kier molecular flexibility index (Phi) is 5.02. The fraction of sp³-hybridized carbons (Fsp3) is 0.333. The van der Waals surface area contributed by atoms with E-state index < -0.39 is 5.69 Å². The van der Waals surface area contributed by atoms with Crippen LogP contribution in [0.15, 0.2) is 41.2 Å². The molecule has 4 rings (SSSR count). The number of aromatic amines is 1. The van der Waals surface area contributed by atoms with E-state index in [1.165, 1.54) is 10.6 Å². The predicted octanol–water partition coefficient (Wildman–Crippen LogP) is 2.60. The molecule has 0 amide bonds. The van der Waals surface area contributed by atoms with Gasteiger partial charge >= 0.3 is 5.69 Å². The minimum absolute atomic E-state index is 0.0144. The molecule has 3 aromatic rings. The van der Waals surface area contributed by atoms with Crippen molar-refractivity contribution in [2.24, 2.45) is 0 Å². The number of phenols is 2. The Morgan fingerprint density at radius 3 is 2.34 bits per heavy atom. The first-order valence-corrected chi connectivity index (χ1v) is 9.62. The lowest BCUT2D eigenvalue weighted by molar-refractivity contribution is 0.122. The highest BCUT2D eigenvalue weighted by Gasteiger charge is 2.20. The molecule has 0 radical (unpaired) electrons. The smallest absolute Gasteiger partial charge is 0.348 e. The van der Waals surface area contributed by atoms with Crippen LogP contribution in [0.2, 0.25) is 0 Å². The predicted molar refractivity (Wildman–Crippen MR) is 110 cm³/mol. The summed E-state index contributed by atoms with van der Waals surface area (Å²) in [5.41, 5.74) is 2.33. The van der Waals surface area contributed by atoms with Crippen LogP contribution in [0, 0.1) is 0 Å². The number of hydrogen-bond acceptors (Lipinski definition) is 6. The number of nitrogens with zero attached hydrogens (tertiary/aromatic N) is 3. The Morgan fingerprint density at radius 1 is 1.03 bits per heavy atom.